The summed E-state index contributed by atoms with van der Waals surface area (Å²) in [6.45, 7) is 3.29. The van der Waals surface area contributed by atoms with E-state index in [4.69, 9.17) is 9.47 Å². The largest absolute Gasteiger partial charge is 0.493 e. The molecule has 0 radical (unpaired) electrons. The molecule has 5 rings (SSSR count). The fourth-order valence-corrected chi connectivity index (χ4v) is 5.54. The first kappa shape index (κ1) is 25.8. The summed E-state index contributed by atoms with van der Waals surface area (Å²) < 4.78 is 10.9. The molecular weight excluding hydrogens is 478 g/mol. The summed E-state index contributed by atoms with van der Waals surface area (Å²) in [5, 5.41) is 3.25. The van der Waals surface area contributed by atoms with Crippen molar-refractivity contribution in [3.63, 3.8) is 0 Å². The number of hydrogen-bond acceptors (Lipinski definition) is 5. The Morgan fingerprint density at radius 1 is 0.947 bits per heavy atom. The van der Waals surface area contributed by atoms with E-state index in [9.17, 15) is 9.59 Å². The van der Waals surface area contributed by atoms with Crippen molar-refractivity contribution in [2.45, 2.75) is 44.4 Å². The van der Waals surface area contributed by atoms with Crippen molar-refractivity contribution in [1.82, 2.24) is 15.1 Å². The number of carbonyl (C=O) groups excluding carboxylic acids is 2. The molecule has 198 valence electrons. The molecule has 3 aromatic carbocycles. The van der Waals surface area contributed by atoms with Crippen LogP contribution in [0.2, 0.25) is 0 Å². The highest BCUT2D eigenvalue weighted by Crippen LogP contribution is 2.37. The summed E-state index contributed by atoms with van der Waals surface area (Å²) >= 11 is 0. The van der Waals surface area contributed by atoms with Gasteiger partial charge in [0.25, 0.3) is 5.91 Å². The Bertz CT molecular complexity index is 1270. The molecule has 2 aliphatic rings. The quantitative estimate of drug-likeness (QED) is 0.454. The van der Waals surface area contributed by atoms with Crippen LogP contribution in [0.3, 0.4) is 0 Å². The molecule has 2 heterocycles. The molecule has 1 atom stereocenters. The van der Waals surface area contributed by atoms with Gasteiger partial charge in [-0.05, 0) is 47.7 Å². The van der Waals surface area contributed by atoms with Gasteiger partial charge in [-0.3, -0.25) is 14.5 Å². The molecule has 38 heavy (non-hydrogen) atoms. The molecule has 1 saturated heterocycles. The molecule has 1 fully saturated rings. The third-order valence-electron chi connectivity index (χ3n) is 7.60. The van der Waals surface area contributed by atoms with E-state index in [0.29, 0.717) is 23.6 Å². The highest BCUT2D eigenvalue weighted by atomic mass is 16.5. The van der Waals surface area contributed by atoms with Crippen LogP contribution in [0.5, 0.6) is 11.5 Å². The molecule has 0 bridgehead atoms. The zero-order chi connectivity index (χ0) is 26.5. The molecule has 0 unspecified atom stereocenters. The number of fused-ring (bicyclic) bond motifs is 1. The Balaban J connectivity index is 1.27. The molecule has 0 saturated carbocycles. The van der Waals surface area contributed by atoms with Gasteiger partial charge in [0.15, 0.2) is 11.5 Å². The number of piperidine rings is 1. The fraction of sp³-hybridized carbons (Fsp3) is 0.355. The van der Waals surface area contributed by atoms with Crippen molar-refractivity contribution in [2.75, 3.05) is 27.3 Å². The van der Waals surface area contributed by atoms with Crippen molar-refractivity contribution in [1.29, 1.82) is 0 Å². The SMILES string of the molecule is COc1ccc([C@H](CC(=O)NC2CCN(Cc3ccccc3)CC2)N2Cc3ccccc3C2=O)cc1OC. The van der Waals surface area contributed by atoms with Gasteiger partial charge in [-0.15, -0.1) is 0 Å². The Labute approximate surface area is 224 Å². The molecule has 2 amide bonds. The maximum absolute atomic E-state index is 13.4. The van der Waals surface area contributed by atoms with Gasteiger partial charge in [-0.2, -0.15) is 0 Å². The predicted octanol–water partition coefficient (Wildman–Crippen LogP) is 4.57. The first-order valence-electron chi connectivity index (χ1n) is 13.2. The van der Waals surface area contributed by atoms with E-state index in [1.807, 2.05) is 48.5 Å². The average molecular weight is 514 g/mol. The number of nitrogens with one attached hydrogen (secondary N) is 1. The number of ether oxygens (including phenoxy) is 2. The summed E-state index contributed by atoms with van der Waals surface area (Å²) in [6.07, 6.45) is 2.00. The van der Waals surface area contributed by atoms with Crippen molar-refractivity contribution in [2.24, 2.45) is 0 Å². The molecule has 7 nitrogen and oxygen atoms in total. The van der Waals surface area contributed by atoms with Crippen LogP contribution in [0.4, 0.5) is 0 Å². The van der Waals surface area contributed by atoms with E-state index in [-0.39, 0.29) is 24.3 Å². The van der Waals surface area contributed by atoms with Gasteiger partial charge in [0.05, 0.1) is 26.7 Å². The van der Waals surface area contributed by atoms with Crippen molar-refractivity contribution in [3.8, 4) is 11.5 Å². The van der Waals surface area contributed by atoms with Crippen LogP contribution >= 0.6 is 0 Å². The summed E-state index contributed by atoms with van der Waals surface area (Å²) in [5.74, 6) is 1.08. The smallest absolute Gasteiger partial charge is 0.255 e. The topological polar surface area (TPSA) is 71.1 Å². The minimum absolute atomic E-state index is 0.0462. The monoisotopic (exact) mass is 513 g/mol. The van der Waals surface area contributed by atoms with Gasteiger partial charge in [0.2, 0.25) is 5.91 Å². The van der Waals surface area contributed by atoms with Gasteiger partial charge < -0.3 is 19.7 Å². The number of benzene rings is 3. The van der Waals surface area contributed by atoms with Gasteiger partial charge in [-0.25, -0.2) is 0 Å². The van der Waals surface area contributed by atoms with Crippen molar-refractivity contribution >= 4 is 11.8 Å². The zero-order valence-corrected chi connectivity index (χ0v) is 22.1. The van der Waals surface area contributed by atoms with Crippen LogP contribution in [-0.2, 0) is 17.9 Å². The van der Waals surface area contributed by atoms with E-state index < -0.39 is 6.04 Å². The van der Waals surface area contributed by atoms with Gasteiger partial charge in [0, 0.05) is 37.8 Å². The predicted molar refractivity (Wildman–Crippen MR) is 146 cm³/mol. The van der Waals surface area contributed by atoms with E-state index in [0.717, 1.165) is 43.6 Å². The summed E-state index contributed by atoms with van der Waals surface area (Å²) in [6, 6.07) is 23.5. The number of amides is 2. The normalized spacial score (nSPS) is 16.7. The fourth-order valence-electron chi connectivity index (χ4n) is 5.54. The van der Waals surface area contributed by atoms with Crippen LogP contribution < -0.4 is 14.8 Å². The van der Waals surface area contributed by atoms with Gasteiger partial charge in [-0.1, -0.05) is 54.6 Å². The Hall–Kier alpha value is -3.84. The maximum atomic E-state index is 13.4. The molecule has 2 aliphatic heterocycles. The zero-order valence-electron chi connectivity index (χ0n) is 22.1. The molecule has 0 aliphatic carbocycles. The van der Waals surface area contributed by atoms with E-state index in [1.54, 1.807) is 19.1 Å². The lowest BCUT2D eigenvalue weighted by atomic mass is 9.99. The van der Waals surface area contributed by atoms with Crippen LogP contribution in [0, 0.1) is 0 Å². The maximum Gasteiger partial charge on any atom is 0.255 e. The standard InChI is InChI=1S/C31H35N3O4/c1-37-28-13-12-23(18-29(28)38-2)27(34-21-24-10-6-7-11-26(24)31(34)36)19-30(35)32-25-14-16-33(17-15-25)20-22-8-4-3-5-9-22/h3-13,18,25,27H,14-17,19-21H2,1-2H3,(H,32,35)/t27-/m0/s1. The van der Waals surface area contributed by atoms with Gasteiger partial charge >= 0.3 is 0 Å². The second-order valence-corrected chi connectivity index (χ2v) is 10.0. The number of hydrogen-bond donors (Lipinski definition) is 1. The molecule has 7 heteroatoms. The lowest BCUT2D eigenvalue weighted by Crippen LogP contribution is -2.45. The molecular formula is C31H35N3O4. The average Bonchev–Trinajstić information content (AvgIpc) is 3.29. The third kappa shape index (κ3) is 5.68. The minimum Gasteiger partial charge on any atom is -0.493 e. The highest BCUT2D eigenvalue weighted by Gasteiger charge is 2.35. The summed E-state index contributed by atoms with van der Waals surface area (Å²) in [5.41, 5.74) is 3.83. The first-order valence-corrected chi connectivity index (χ1v) is 13.2. The lowest BCUT2D eigenvalue weighted by molar-refractivity contribution is -0.123. The summed E-state index contributed by atoms with van der Waals surface area (Å²) in [4.78, 5) is 31.0. The Morgan fingerprint density at radius 2 is 1.66 bits per heavy atom. The van der Waals surface area contributed by atoms with Gasteiger partial charge in [0.1, 0.15) is 0 Å². The Morgan fingerprint density at radius 3 is 2.37 bits per heavy atom. The Kier molecular flexibility index (Phi) is 7.94. The minimum atomic E-state index is -0.423. The van der Waals surface area contributed by atoms with E-state index in [1.165, 1.54) is 5.56 Å². The number of likely N-dealkylation sites (tertiary alicyclic amines) is 1. The second-order valence-electron chi connectivity index (χ2n) is 10.0. The first-order chi connectivity index (χ1) is 18.6. The molecule has 3 aromatic rings. The number of nitrogens with zero attached hydrogens (tertiary/aromatic N) is 2. The van der Waals surface area contributed by atoms with E-state index in [2.05, 4.69) is 34.5 Å². The number of methoxy groups -OCH3 is 2. The second kappa shape index (κ2) is 11.7. The van der Waals surface area contributed by atoms with Crippen LogP contribution in [0.15, 0.2) is 72.8 Å². The van der Waals surface area contributed by atoms with Crippen molar-refractivity contribution in [3.05, 3.63) is 95.1 Å². The van der Waals surface area contributed by atoms with E-state index >= 15 is 0 Å². The number of carbonyl (C=O) groups is 2. The highest BCUT2D eigenvalue weighted by molar-refractivity contribution is 5.98. The molecule has 0 spiro atoms. The summed E-state index contributed by atoms with van der Waals surface area (Å²) in [7, 11) is 3.18. The van der Waals surface area contributed by atoms with Crippen LogP contribution in [-0.4, -0.2) is 55.0 Å². The van der Waals surface area contributed by atoms with Crippen LogP contribution in [0.1, 0.15) is 52.4 Å². The van der Waals surface area contributed by atoms with Crippen molar-refractivity contribution < 1.29 is 19.1 Å². The number of rotatable bonds is 9. The van der Waals surface area contributed by atoms with Crippen LogP contribution in [0.25, 0.3) is 0 Å². The lowest BCUT2D eigenvalue weighted by Gasteiger charge is -2.33. The third-order valence-corrected chi connectivity index (χ3v) is 7.60. The molecule has 1 N–H and O–H groups in total. The molecule has 0 aromatic heterocycles.